The first-order valence-electron chi connectivity index (χ1n) is 4.40. The van der Waals surface area contributed by atoms with E-state index in [-0.39, 0.29) is 13.0 Å². The maximum absolute atomic E-state index is 10.8. The van der Waals surface area contributed by atoms with Crippen LogP contribution in [0, 0.1) is 0 Å². The van der Waals surface area contributed by atoms with Crippen LogP contribution in [0.25, 0.3) is 0 Å². The highest BCUT2D eigenvalue weighted by atomic mass is 16.5. The molecule has 2 fully saturated rings. The molecular weight excluding hydrogens is 190 g/mol. The maximum atomic E-state index is 10.8. The predicted molar refractivity (Wildman–Crippen MR) is 44.1 cm³/mol. The average molecular weight is 201 g/mol. The number of carboxylic acid groups (broad SMARTS) is 2. The van der Waals surface area contributed by atoms with Gasteiger partial charge in [0.15, 0.2) is 0 Å². The SMILES string of the molecule is O=C(O)[C@@H]1CC2(CCO2)CN1C(=O)O. The number of ether oxygens (including phenoxy) is 1. The number of rotatable bonds is 1. The van der Waals surface area contributed by atoms with E-state index < -0.39 is 23.7 Å². The molecule has 0 aromatic carbocycles. The maximum Gasteiger partial charge on any atom is 0.408 e. The van der Waals surface area contributed by atoms with Gasteiger partial charge in [-0.2, -0.15) is 0 Å². The smallest absolute Gasteiger partial charge is 0.408 e. The molecule has 2 N–H and O–H groups in total. The summed E-state index contributed by atoms with van der Waals surface area (Å²) in [5.74, 6) is -1.10. The van der Waals surface area contributed by atoms with E-state index in [4.69, 9.17) is 14.9 Å². The second-order valence-electron chi connectivity index (χ2n) is 3.75. The number of nitrogens with zero attached hydrogens (tertiary/aromatic N) is 1. The van der Waals surface area contributed by atoms with Crippen LogP contribution in [0.1, 0.15) is 12.8 Å². The molecule has 14 heavy (non-hydrogen) atoms. The summed E-state index contributed by atoms with van der Waals surface area (Å²) < 4.78 is 5.27. The molecule has 1 spiro atoms. The van der Waals surface area contributed by atoms with Gasteiger partial charge in [0.25, 0.3) is 0 Å². The zero-order valence-electron chi connectivity index (χ0n) is 7.47. The van der Waals surface area contributed by atoms with E-state index in [1.807, 2.05) is 0 Å². The standard InChI is InChI=1S/C8H11NO5/c10-6(11)5-3-8(1-2-14-8)4-9(5)7(12)13/h5H,1-4H2,(H,10,11)(H,12,13)/t5-,8?/m0/s1. The number of hydrogen-bond donors (Lipinski definition) is 2. The quantitative estimate of drug-likeness (QED) is 0.622. The van der Waals surface area contributed by atoms with Crippen LogP contribution in [0.15, 0.2) is 0 Å². The first-order valence-corrected chi connectivity index (χ1v) is 4.40. The first kappa shape index (κ1) is 9.26. The zero-order chi connectivity index (χ0) is 10.3. The number of aliphatic carboxylic acids is 1. The summed E-state index contributed by atoms with van der Waals surface area (Å²) in [6.45, 7) is 0.777. The van der Waals surface area contributed by atoms with Crippen molar-refractivity contribution in [2.75, 3.05) is 13.2 Å². The second-order valence-corrected chi connectivity index (χ2v) is 3.75. The van der Waals surface area contributed by atoms with Crippen molar-refractivity contribution in [1.29, 1.82) is 0 Å². The Kier molecular flexibility index (Phi) is 1.88. The number of amides is 1. The van der Waals surface area contributed by atoms with Gasteiger partial charge in [0, 0.05) is 12.8 Å². The van der Waals surface area contributed by atoms with Crippen molar-refractivity contribution < 1.29 is 24.5 Å². The minimum absolute atomic E-state index is 0.180. The monoisotopic (exact) mass is 201 g/mol. The summed E-state index contributed by atoms with van der Waals surface area (Å²) in [5.41, 5.74) is -0.512. The van der Waals surface area contributed by atoms with Crippen LogP contribution >= 0.6 is 0 Å². The van der Waals surface area contributed by atoms with Crippen molar-refractivity contribution in [3.05, 3.63) is 0 Å². The predicted octanol–water partition coefficient (Wildman–Crippen LogP) is -0.0176. The van der Waals surface area contributed by atoms with Crippen LogP contribution in [-0.2, 0) is 9.53 Å². The molecular formula is C8H11NO5. The van der Waals surface area contributed by atoms with Gasteiger partial charge in [-0.15, -0.1) is 0 Å². The van der Waals surface area contributed by atoms with E-state index in [2.05, 4.69) is 0 Å². The Morgan fingerprint density at radius 2 is 2.07 bits per heavy atom. The molecule has 2 aliphatic rings. The van der Waals surface area contributed by atoms with E-state index in [1.165, 1.54) is 0 Å². The molecule has 0 radical (unpaired) electrons. The van der Waals surface area contributed by atoms with Gasteiger partial charge in [0.1, 0.15) is 6.04 Å². The Morgan fingerprint density at radius 3 is 2.36 bits per heavy atom. The van der Waals surface area contributed by atoms with Crippen molar-refractivity contribution in [2.24, 2.45) is 0 Å². The highest BCUT2D eigenvalue weighted by Crippen LogP contribution is 2.39. The van der Waals surface area contributed by atoms with E-state index in [0.29, 0.717) is 6.61 Å². The van der Waals surface area contributed by atoms with E-state index in [9.17, 15) is 9.59 Å². The molecule has 0 saturated carbocycles. The van der Waals surface area contributed by atoms with Gasteiger partial charge in [-0.1, -0.05) is 0 Å². The Morgan fingerprint density at radius 1 is 1.43 bits per heavy atom. The molecule has 0 aromatic heterocycles. The van der Waals surface area contributed by atoms with Crippen LogP contribution in [0.5, 0.6) is 0 Å². The van der Waals surface area contributed by atoms with Crippen LogP contribution < -0.4 is 0 Å². The largest absolute Gasteiger partial charge is 0.480 e. The number of likely N-dealkylation sites (tertiary alicyclic amines) is 1. The molecule has 6 nitrogen and oxygen atoms in total. The Bertz CT molecular complexity index is 261. The highest BCUT2D eigenvalue weighted by Gasteiger charge is 2.53. The first-order chi connectivity index (χ1) is 6.54. The van der Waals surface area contributed by atoms with Crippen molar-refractivity contribution in [3.8, 4) is 0 Å². The number of hydrogen-bond acceptors (Lipinski definition) is 3. The Labute approximate surface area is 80.1 Å². The molecule has 2 rings (SSSR count). The summed E-state index contributed by atoms with van der Waals surface area (Å²) in [7, 11) is 0. The summed E-state index contributed by atoms with van der Waals surface area (Å²) in [4.78, 5) is 22.5. The topological polar surface area (TPSA) is 87.1 Å². The minimum atomic E-state index is -1.19. The molecule has 2 saturated heterocycles. The summed E-state index contributed by atoms with van der Waals surface area (Å²) in [6.07, 6.45) is -0.167. The third kappa shape index (κ3) is 1.22. The third-order valence-corrected chi connectivity index (χ3v) is 2.90. The van der Waals surface area contributed by atoms with Gasteiger partial charge in [0.05, 0.1) is 18.8 Å². The van der Waals surface area contributed by atoms with Crippen molar-refractivity contribution >= 4 is 12.1 Å². The lowest BCUT2D eigenvalue weighted by Gasteiger charge is -2.37. The fraction of sp³-hybridized carbons (Fsp3) is 0.750. The lowest BCUT2D eigenvalue weighted by atomic mass is 9.92. The van der Waals surface area contributed by atoms with Crippen LogP contribution in [-0.4, -0.2) is 52.0 Å². The molecule has 1 amide bonds. The van der Waals surface area contributed by atoms with Gasteiger partial charge in [0.2, 0.25) is 0 Å². The minimum Gasteiger partial charge on any atom is -0.480 e. The average Bonchev–Trinajstić information content (AvgIpc) is 2.42. The fourth-order valence-corrected chi connectivity index (χ4v) is 2.05. The lowest BCUT2D eigenvalue weighted by Crippen LogP contribution is -2.46. The molecule has 0 aliphatic carbocycles. The zero-order valence-corrected chi connectivity index (χ0v) is 7.47. The third-order valence-electron chi connectivity index (χ3n) is 2.90. The van der Waals surface area contributed by atoms with Gasteiger partial charge >= 0.3 is 12.1 Å². The molecule has 2 atom stereocenters. The van der Waals surface area contributed by atoms with Crippen LogP contribution in [0.2, 0.25) is 0 Å². The van der Waals surface area contributed by atoms with Gasteiger partial charge < -0.3 is 14.9 Å². The number of carbonyl (C=O) groups is 2. The summed E-state index contributed by atoms with van der Waals surface area (Å²) in [5, 5.41) is 17.6. The Hall–Kier alpha value is -1.30. The molecule has 2 heterocycles. The second kappa shape index (κ2) is 2.84. The van der Waals surface area contributed by atoms with Crippen molar-refractivity contribution in [1.82, 2.24) is 4.90 Å². The molecule has 78 valence electrons. The molecule has 0 bridgehead atoms. The van der Waals surface area contributed by atoms with Crippen molar-refractivity contribution in [3.63, 3.8) is 0 Å². The summed E-state index contributed by atoms with van der Waals surface area (Å²) in [6, 6.07) is -0.951. The van der Waals surface area contributed by atoms with Crippen LogP contribution in [0.4, 0.5) is 4.79 Å². The van der Waals surface area contributed by atoms with Crippen molar-refractivity contribution in [2.45, 2.75) is 24.5 Å². The normalized spacial score (nSPS) is 35.7. The highest BCUT2D eigenvalue weighted by molar-refractivity contribution is 5.80. The van der Waals surface area contributed by atoms with E-state index in [0.717, 1.165) is 11.3 Å². The van der Waals surface area contributed by atoms with E-state index >= 15 is 0 Å². The summed E-state index contributed by atoms with van der Waals surface area (Å²) >= 11 is 0. The Balaban J connectivity index is 2.15. The van der Waals surface area contributed by atoms with Gasteiger partial charge in [-0.25, -0.2) is 9.59 Å². The number of carboxylic acids is 1. The lowest BCUT2D eigenvalue weighted by molar-refractivity contribution is -0.145. The van der Waals surface area contributed by atoms with E-state index in [1.54, 1.807) is 0 Å². The van der Waals surface area contributed by atoms with Crippen LogP contribution in [0.3, 0.4) is 0 Å². The fourth-order valence-electron chi connectivity index (χ4n) is 2.05. The molecule has 1 unspecified atom stereocenters. The molecule has 6 heteroatoms. The van der Waals surface area contributed by atoms with Gasteiger partial charge in [-0.3, -0.25) is 4.90 Å². The molecule has 0 aromatic rings. The molecule has 2 aliphatic heterocycles. The van der Waals surface area contributed by atoms with Gasteiger partial charge in [-0.05, 0) is 0 Å².